The van der Waals surface area contributed by atoms with Crippen LogP contribution in [0.5, 0.6) is 5.75 Å². The molecule has 1 aromatic rings. The molecule has 0 radical (unpaired) electrons. The molecule has 3 fully saturated rings. The summed E-state index contributed by atoms with van der Waals surface area (Å²) >= 11 is 0. The van der Waals surface area contributed by atoms with E-state index in [0.29, 0.717) is 18.2 Å². The van der Waals surface area contributed by atoms with E-state index in [1.807, 2.05) is 39.8 Å². The molecule has 2 saturated heterocycles. The van der Waals surface area contributed by atoms with Gasteiger partial charge < -0.3 is 25.0 Å². The minimum atomic E-state index is -1.15. The third kappa shape index (κ3) is 4.33. The molecular weight excluding hydrogens is 470 g/mol. The summed E-state index contributed by atoms with van der Waals surface area (Å²) in [6.07, 6.45) is 7.44. The van der Waals surface area contributed by atoms with Crippen molar-refractivity contribution in [3.8, 4) is 5.75 Å². The number of likely N-dealkylation sites (tertiary alicyclic amines) is 1. The Morgan fingerprint density at radius 3 is 2.49 bits per heavy atom. The lowest BCUT2D eigenvalue weighted by Gasteiger charge is -2.41. The maximum Gasteiger partial charge on any atom is 0.246 e. The number of benzene rings is 1. The Hall–Kier alpha value is -2.87. The highest BCUT2D eigenvalue weighted by atomic mass is 16.5. The van der Waals surface area contributed by atoms with Crippen LogP contribution >= 0.6 is 0 Å². The fourth-order valence-corrected chi connectivity index (χ4v) is 6.71. The molecule has 7 atom stereocenters. The molecule has 8 heteroatoms. The third-order valence-corrected chi connectivity index (χ3v) is 8.42. The van der Waals surface area contributed by atoms with Crippen LogP contribution in [0.2, 0.25) is 0 Å². The molecule has 3 aliphatic heterocycles. The van der Waals surface area contributed by atoms with Crippen molar-refractivity contribution in [1.29, 1.82) is 0 Å². The molecule has 3 amide bonds. The summed E-state index contributed by atoms with van der Waals surface area (Å²) in [5.74, 6) is -1.06. The topological polar surface area (TPSA) is 97.0 Å². The summed E-state index contributed by atoms with van der Waals surface area (Å²) in [7, 11) is 0. The first-order valence-corrected chi connectivity index (χ1v) is 13.6. The van der Waals surface area contributed by atoms with Crippen LogP contribution in [0.15, 0.2) is 36.4 Å². The van der Waals surface area contributed by atoms with Gasteiger partial charge in [-0.15, -0.1) is 0 Å². The number of fused-ring (bicyclic) bond motifs is 1. The van der Waals surface area contributed by atoms with Gasteiger partial charge in [0.15, 0.2) is 0 Å². The summed E-state index contributed by atoms with van der Waals surface area (Å²) in [5, 5.41) is 6.22. The molecule has 0 aromatic heterocycles. The fourth-order valence-electron chi connectivity index (χ4n) is 6.71. The van der Waals surface area contributed by atoms with E-state index in [1.54, 1.807) is 29.2 Å². The monoisotopic (exact) mass is 509 g/mol. The smallest absolute Gasteiger partial charge is 0.246 e. The quantitative estimate of drug-likeness (QED) is 0.571. The second-order valence-electron chi connectivity index (χ2n) is 11.9. The molecule has 8 nitrogen and oxygen atoms in total. The highest BCUT2D eigenvalue weighted by Gasteiger charge is 2.74. The Bertz CT molecular complexity index is 1090. The predicted molar refractivity (Wildman–Crippen MR) is 140 cm³/mol. The lowest BCUT2D eigenvalue weighted by molar-refractivity contribution is -0.147. The van der Waals surface area contributed by atoms with Gasteiger partial charge in [0.25, 0.3) is 0 Å². The first-order chi connectivity index (χ1) is 17.6. The maximum absolute atomic E-state index is 14.0. The standard InChI is InChI=1S/C29H39N3O5/c1-6-36-19-13-11-18(12-14-19)30-25(33)22-21-15-16-29(37-21)23(22)27(35)32(28(3,4)5)24(29)26(34)31-20-10-8-7-9-17(20)2/h11-17,20-24H,6-10H2,1-5H3,(H,30,33)(H,31,34). The van der Waals surface area contributed by atoms with Crippen molar-refractivity contribution in [2.75, 3.05) is 11.9 Å². The van der Waals surface area contributed by atoms with Crippen molar-refractivity contribution in [2.45, 2.75) is 89.6 Å². The first kappa shape index (κ1) is 25.8. The van der Waals surface area contributed by atoms with Gasteiger partial charge in [0.2, 0.25) is 17.7 Å². The zero-order valence-corrected chi connectivity index (χ0v) is 22.5. The van der Waals surface area contributed by atoms with Crippen LogP contribution in [-0.4, -0.2) is 58.6 Å². The SMILES string of the molecule is CCOc1ccc(NC(=O)C2C3C=CC4(O3)C2C(=O)N(C(C)(C)C)C4C(=O)NC2CCCCC2C)cc1. The number of carbonyl (C=O) groups excluding carboxylic acids is 3. The molecule has 5 rings (SSSR count). The van der Waals surface area contributed by atoms with Crippen molar-refractivity contribution >= 4 is 23.4 Å². The van der Waals surface area contributed by atoms with Crippen molar-refractivity contribution in [1.82, 2.24) is 10.2 Å². The van der Waals surface area contributed by atoms with Gasteiger partial charge in [0.05, 0.1) is 24.5 Å². The molecule has 4 aliphatic rings. The number of carbonyl (C=O) groups is 3. The number of nitrogens with zero attached hydrogens (tertiary/aromatic N) is 1. The first-order valence-electron chi connectivity index (χ1n) is 13.6. The summed E-state index contributed by atoms with van der Waals surface area (Å²) < 4.78 is 11.9. The van der Waals surface area contributed by atoms with Gasteiger partial charge in [-0.1, -0.05) is 31.9 Å². The van der Waals surface area contributed by atoms with Gasteiger partial charge in [-0.05, 0) is 70.7 Å². The number of hydrogen-bond acceptors (Lipinski definition) is 5. The number of rotatable bonds is 6. The highest BCUT2D eigenvalue weighted by Crippen LogP contribution is 2.56. The van der Waals surface area contributed by atoms with Crippen LogP contribution in [0, 0.1) is 17.8 Å². The minimum absolute atomic E-state index is 0.0787. The zero-order valence-electron chi connectivity index (χ0n) is 22.5. The van der Waals surface area contributed by atoms with Gasteiger partial charge in [-0.25, -0.2) is 0 Å². The molecular formula is C29H39N3O5. The lowest BCUT2D eigenvalue weighted by atomic mass is 9.74. The van der Waals surface area contributed by atoms with E-state index in [2.05, 4.69) is 17.6 Å². The average molecular weight is 510 g/mol. The van der Waals surface area contributed by atoms with Gasteiger partial charge >= 0.3 is 0 Å². The van der Waals surface area contributed by atoms with Crippen LogP contribution < -0.4 is 15.4 Å². The maximum atomic E-state index is 14.0. The molecule has 1 spiro atoms. The van der Waals surface area contributed by atoms with E-state index in [1.165, 1.54) is 6.42 Å². The Morgan fingerprint density at radius 1 is 1.14 bits per heavy atom. The van der Waals surface area contributed by atoms with Crippen molar-refractivity contribution < 1.29 is 23.9 Å². The average Bonchev–Trinajstić information content (AvgIpc) is 3.49. The highest BCUT2D eigenvalue weighted by molar-refractivity contribution is 6.03. The van der Waals surface area contributed by atoms with E-state index in [9.17, 15) is 14.4 Å². The second kappa shape index (κ2) is 9.46. The van der Waals surface area contributed by atoms with Crippen LogP contribution in [0.3, 0.4) is 0 Å². The van der Waals surface area contributed by atoms with E-state index >= 15 is 0 Å². The van der Waals surface area contributed by atoms with Crippen molar-refractivity contribution in [3.63, 3.8) is 0 Å². The molecule has 3 heterocycles. The third-order valence-electron chi connectivity index (χ3n) is 8.42. The lowest BCUT2D eigenvalue weighted by Crippen LogP contribution is -2.61. The normalized spacial score (nSPS) is 34.4. The van der Waals surface area contributed by atoms with E-state index in [-0.39, 0.29) is 23.8 Å². The molecule has 37 heavy (non-hydrogen) atoms. The summed E-state index contributed by atoms with van der Waals surface area (Å²) in [6.45, 7) is 10.4. The predicted octanol–water partition coefficient (Wildman–Crippen LogP) is 3.67. The molecule has 1 aromatic carbocycles. The van der Waals surface area contributed by atoms with Crippen LogP contribution in [0.25, 0.3) is 0 Å². The number of ether oxygens (including phenoxy) is 2. The minimum Gasteiger partial charge on any atom is -0.494 e. The molecule has 1 aliphatic carbocycles. The van der Waals surface area contributed by atoms with Crippen LogP contribution in [0.1, 0.15) is 60.3 Å². The number of anilines is 1. The van der Waals surface area contributed by atoms with Gasteiger partial charge in [-0.3, -0.25) is 14.4 Å². The second-order valence-corrected chi connectivity index (χ2v) is 11.9. The summed E-state index contributed by atoms with van der Waals surface area (Å²) in [4.78, 5) is 43.1. The Labute approximate surface area is 219 Å². The van der Waals surface area contributed by atoms with Gasteiger partial charge in [0, 0.05) is 17.3 Å². The van der Waals surface area contributed by atoms with Crippen molar-refractivity contribution in [3.05, 3.63) is 36.4 Å². The zero-order chi connectivity index (χ0) is 26.5. The number of hydrogen-bond donors (Lipinski definition) is 2. The number of amides is 3. The fraction of sp³-hybridized carbons (Fsp3) is 0.621. The molecule has 2 N–H and O–H groups in total. The largest absolute Gasteiger partial charge is 0.494 e. The Kier molecular flexibility index (Phi) is 6.59. The molecule has 200 valence electrons. The molecule has 1 saturated carbocycles. The van der Waals surface area contributed by atoms with E-state index < -0.39 is 35.1 Å². The Morgan fingerprint density at radius 2 is 1.84 bits per heavy atom. The van der Waals surface area contributed by atoms with Gasteiger partial charge in [0.1, 0.15) is 17.4 Å². The molecule has 2 bridgehead atoms. The Balaban J connectivity index is 1.42. The van der Waals surface area contributed by atoms with Crippen LogP contribution in [-0.2, 0) is 19.1 Å². The van der Waals surface area contributed by atoms with E-state index in [0.717, 1.165) is 25.0 Å². The van der Waals surface area contributed by atoms with Crippen LogP contribution in [0.4, 0.5) is 5.69 Å². The van der Waals surface area contributed by atoms with Gasteiger partial charge in [-0.2, -0.15) is 0 Å². The summed E-state index contributed by atoms with van der Waals surface area (Å²) in [5.41, 5.74) is -1.16. The van der Waals surface area contributed by atoms with Crippen molar-refractivity contribution in [2.24, 2.45) is 17.8 Å². The molecule has 7 unspecified atom stereocenters. The summed E-state index contributed by atoms with van der Waals surface area (Å²) in [6, 6.07) is 6.40. The number of nitrogens with one attached hydrogen (secondary N) is 2. The van der Waals surface area contributed by atoms with E-state index in [4.69, 9.17) is 9.47 Å².